The Labute approximate surface area is 297 Å². The molecule has 48 heavy (non-hydrogen) atoms. The van der Waals surface area contributed by atoms with Gasteiger partial charge in [0, 0.05) is 12.5 Å². The van der Waals surface area contributed by atoms with Crippen LogP contribution in [0.25, 0.3) is 0 Å². The second-order valence-electron chi connectivity index (χ2n) is 12.4. The number of imide groups is 2. The van der Waals surface area contributed by atoms with Gasteiger partial charge in [0.25, 0.3) is 0 Å². The molecule has 2 N–H and O–H groups in total. The van der Waals surface area contributed by atoms with Gasteiger partial charge < -0.3 is 28.8 Å². The zero-order valence-corrected chi connectivity index (χ0v) is 31.1. The van der Waals surface area contributed by atoms with E-state index >= 15 is 0 Å². The summed E-state index contributed by atoms with van der Waals surface area (Å²) < 4.78 is 5.09. The normalized spacial score (nSPS) is 29.2. The fourth-order valence-corrected chi connectivity index (χ4v) is 7.11. The number of amides is 4. The smallest absolute Gasteiger partial charge is 0.447 e. The Morgan fingerprint density at radius 2 is 1.38 bits per heavy atom. The third-order valence-electron chi connectivity index (χ3n) is 9.54. The molecule has 2 aromatic carbocycles. The van der Waals surface area contributed by atoms with Crippen LogP contribution in [0, 0.1) is 37.5 Å². The molecule has 2 aliphatic heterocycles. The number of allylic oxidation sites excluding steroid dienone is 1. The Hall–Kier alpha value is -3.20. The molecule has 2 saturated heterocycles. The average Bonchev–Trinajstić information content (AvgIpc) is 3.32. The summed E-state index contributed by atoms with van der Waals surface area (Å²) in [6.45, 7) is 10.2. The van der Waals surface area contributed by atoms with Crippen molar-refractivity contribution >= 4 is 23.8 Å². The molecule has 9 nitrogen and oxygen atoms in total. The number of hydrogen-bond donors (Lipinski definition) is 2. The molecule has 0 bridgehead atoms. The van der Waals surface area contributed by atoms with Crippen LogP contribution in [0.15, 0.2) is 72.8 Å². The van der Waals surface area contributed by atoms with Crippen LogP contribution in [0.4, 0.5) is 4.79 Å². The predicted molar refractivity (Wildman–Crippen MR) is 178 cm³/mol. The molecule has 254 valence electrons. The van der Waals surface area contributed by atoms with E-state index in [-0.39, 0.29) is 61.8 Å². The molecule has 2 saturated carbocycles. The molecular weight excluding hydrogens is 662 g/mol. The van der Waals surface area contributed by atoms with Crippen molar-refractivity contribution in [1.82, 2.24) is 9.80 Å². The first-order valence-corrected chi connectivity index (χ1v) is 16.7. The zero-order valence-electron chi connectivity index (χ0n) is 28.2. The quantitative estimate of drug-likeness (QED) is 0.188. The summed E-state index contributed by atoms with van der Waals surface area (Å²) in [4.78, 5) is 52.0. The average molecular weight is 710 g/mol. The number of carbonyl (C=O) groups excluding carboxylic acids is 4. The first-order valence-electron chi connectivity index (χ1n) is 16.7. The van der Waals surface area contributed by atoms with Gasteiger partial charge in [-0.15, -0.1) is 0 Å². The summed E-state index contributed by atoms with van der Waals surface area (Å²) in [5.41, 5.74) is 2.19. The minimum Gasteiger partial charge on any atom is -0.447 e. The van der Waals surface area contributed by atoms with Gasteiger partial charge in [0.2, 0.25) is 17.7 Å². The van der Waals surface area contributed by atoms with E-state index in [1.54, 1.807) is 26.0 Å². The molecule has 3 aliphatic carbocycles. The maximum atomic E-state index is 12.7. The van der Waals surface area contributed by atoms with Gasteiger partial charge in [-0.3, -0.25) is 19.3 Å². The summed E-state index contributed by atoms with van der Waals surface area (Å²) in [5, 5.41) is 20.0. The van der Waals surface area contributed by atoms with Crippen LogP contribution in [0.1, 0.15) is 57.1 Å². The van der Waals surface area contributed by atoms with Gasteiger partial charge in [-0.2, -0.15) is 13.8 Å². The molecule has 4 amide bonds. The molecule has 0 radical (unpaired) electrons. The number of nitrogens with zero attached hydrogens (tertiary/aromatic N) is 2. The predicted octanol–water partition coefficient (Wildman–Crippen LogP) is 4.96. The van der Waals surface area contributed by atoms with Crippen LogP contribution in [0.2, 0.25) is 0 Å². The van der Waals surface area contributed by atoms with Crippen molar-refractivity contribution < 1.29 is 53.6 Å². The van der Waals surface area contributed by atoms with Gasteiger partial charge in [0.1, 0.15) is 6.61 Å². The van der Waals surface area contributed by atoms with Gasteiger partial charge in [0.05, 0.1) is 30.1 Å². The number of likely N-dealkylation sites (tertiary alicyclic amines) is 1. The minimum atomic E-state index is -0.761. The number of fused-ring (bicyclic) bond motifs is 1. The van der Waals surface area contributed by atoms with Gasteiger partial charge in [-0.25, -0.2) is 9.69 Å². The molecule has 4 fully saturated rings. The Morgan fingerprint density at radius 1 is 0.812 bits per heavy atom. The number of rotatable bonds is 6. The second-order valence-corrected chi connectivity index (χ2v) is 12.4. The molecule has 2 heterocycles. The Morgan fingerprint density at radius 3 is 1.90 bits per heavy atom. The molecule has 7 rings (SSSR count). The van der Waals surface area contributed by atoms with Gasteiger partial charge >= 0.3 is 25.6 Å². The number of benzene rings is 2. The van der Waals surface area contributed by atoms with Crippen LogP contribution >= 0.6 is 0 Å². The zero-order chi connectivity index (χ0) is 34.1. The van der Waals surface area contributed by atoms with Gasteiger partial charge in [0.15, 0.2) is 0 Å². The van der Waals surface area contributed by atoms with Crippen molar-refractivity contribution in [3.05, 3.63) is 97.8 Å². The first kappa shape index (κ1) is 39.2. The maximum Gasteiger partial charge on any atom is 2.00 e. The molecule has 2 aromatic rings. The standard InChI is InChI=1S/C17H19NO4.C17H19NO3.2C2H5.Zn/c19-15-13-7-11(13)8-14(15)16(20)18-12(9-22-17(18)21)6-10-4-2-1-3-5-10;19-15-8-4-7-14(15)17(21)18-13(9-10-16(18)20)11-12-5-2-1-3-6-12;2*1-2;/h1-5,11-15,19H,6-9H2;1-6,8,13-15,19H,7,9-11H2;2*1H2,2H3;/q;;2*-1;+2/t11-,12+,13-,14-,15-;13-,14-,15-;;;/m00.../s1. The second kappa shape index (κ2) is 18.5. The van der Waals surface area contributed by atoms with Crippen molar-refractivity contribution in [1.29, 1.82) is 0 Å². The van der Waals surface area contributed by atoms with Crippen molar-refractivity contribution in [3.8, 4) is 0 Å². The molecular formula is C38H48N2O7Zn. The monoisotopic (exact) mass is 708 g/mol. The number of cyclic esters (lactones) is 1. The van der Waals surface area contributed by atoms with E-state index in [1.165, 1.54) is 9.80 Å². The van der Waals surface area contributed by atoms with E-state index < -0.39 is 30.1 Å². The van der Waals surface area contributed by atoms with E-state index in [1.807, 2.05) is 60.7 Å². The number of aliphatic hydroxyl groups is 2. The van der Waals surface area contributed by atoms with Crippen LogP contribution in [-0.2, 0) is 51.4 Å². The van der Waals surface area contributed by atoms with Gasteiger partial charge in [-0.05, 0) is 61.5 Å². The first-order chi connectivity index (χ1) is 22.8. The number of aliphatic hydroxyl groups excluding tert-OH is 2. The molecule has 0 spiro atoms. The summed E-state index contributed by atoms with van der Waals surface area (Å²) in [5.74, 6) is -0.799. The summed E-state index contributed by atoms with van der Waals surface area (Å²) in [6.07, 6.45) is 6.15. The van der Waals surface area contributed by atoms with Crippen molar-refractivity contribution in [2.45, 2.75) is 83.1 Å². The summed E-state index contributed by atoms with van der Waals surface area (Å²) in [7, 11) is 0. The van der Waals surface area contributed by atoms with Crippen LogP contribution in [0.3, 0.4) is 0 Å². The largest absolute Gasteiger partial charge is 2.00 e. The van der Waals surface area contributed by atoms with E-state index in [4.69, 9.17) is 4.74 Å². The number of carbonyl (C=O) groups is 4. The molecule has 0 unspecified atom stereocenters. The van der Waals surface area contributed by atoms with Gasteiger partial charge in [-0.1, -0.05) is 72.8 Å². The molecule has 5 aliphatic rings. The fraction of sp³-hybridized carbons (Fsp3) is 0.474. The summed E-state index contributed by atoms with van der Waals surface area (Å²) >= 11 is 0. The third-order valence-corrected chi connectivity index (χ3v) is 9.54. The SMILES string of the molecule is O=C1CC[C@@H](Cc2ccccc2)N1C(=O)[C@H]1CC=C[C@@H]1O.O=C1OC[C@@H](Cc2ccccc2)N1C(=O)[C@H]1C[C@@H]2C[C@@H]2[C@@H]1O.[CH2-]C.[CH2-]C.[Zn+2]. The van der Waals surface area contributed by atoms with Crippen LogP contribution in [-0.4, -0.2) is 74.7 Å². The van der Waals surface area contributed by atoms with E-state index in [0.717, 1.165) is 17.5 Å². The number of hydrogen-bond acceptors (Lipinski definition) is 7. The minimum absolute atomic E-state index is 0. The molecule has 10 heteroatoms. The van der Waals surface area contributed by atoms with Crippen molar-refractivity contribution in [2.75, 3.05) is 6.61 Å². The van der Waals surface area contributed by atoms with E-state index in [2.05, 4.69) is 13.8 Å². The summed E-state index contributed by atoms with van der Waals surface area (Å²) in [6, 6.07) is 19.3. The van der Waals surface area contributed by atoms with Crippen molar-refractivity contribution in [2.24, 2.45) is 23.7 Å². The Balaban J connectivity index is 0.000000232. The van der Waals surface area contributed by atoms with Crippen LogP contribution < -0.4 is 0 Å². The maximum absolute atomic E-state index is 12.7. The Kier molecular flexibility index (Phi) is 15.2. The van der Waals surface area contributed by atoms with E-state index in [0.29, 0.717) is 44.4 Å². The van der Waals surface area contributed by atoms with E-state index in [9.17, 15) is 29.4 Å². The topological polar surface area (TPSA) is 124 Å². The third kappa shape index (κ3) is 9.07. The molecule has 8 atom stereocenters. The fourth-order valence-electron chi connectivity index (χ4n) is 7.11. The van der Waals surface area contributed by atoms with Crippen molar-refractivity contribution in [3.63, 3.8) is 0 Å². The molecule has 0 aromatic heterocycles. The van der Waals surface area contributed by atoms with Crippen LogP contribution in [0.5, 0.6) is 0 Å². The number of ether oxygens (including phenoxy) is 1. The Bertz CT molecular complexity index is 1390.